The number of hydrogen-bond donors (Lipinski definition) is 1. The largest absolute Gasteiger partial charge is 0.417 e. The molecule has 1 aliphatic heterocycles. The van der Waals surface area contributed by atoms with Crippen LogP contribution in [0.1, 0.15) is 55.5 Å². The molecule has 1 aromatic carbocycles. The van der Waals surface area contributed by atoms with E-state index < -0.39 is 40.6 Å². The van der Waals surface area contributed by atoms with Crippen LogP contribution in [0.15, 0.2) is 42.0 Å². The number of allylic oxidation sites excluding steroid dienone is 3. The van der Waals surface area contributed by atoms with Gasteiger partial charge in [-0.1, -0.05) is 18.2 Å². The Morgan fingerprint density at radius 1 is 1.17 bits per heavy atom. The fourth-order valence-electron chi connectivity index (χ4n) is 4.22. The summed E-state index contributed by atoms with van der Waals surface area (Å²) in [5.41, 5.74) is -1.31. The summed E-state index contributed by atoms with van der Waals surface area (Å²) in [4.78, 5) is 15.2. The zero-order chi connectivity index (χ0) is 21.2. The zero-order valence-corrected chi connectivity index (χ0v) is 16.7. The zero-order valence-electron chi connectivity index (χ0n) is 16.7. The smallest absolute Gasteiger partial charge is 0.344 e. The first-order valence-corrected chi connectivity index (χ1v) is 9.89. The van der Waals surface area contributed by atoms with Crippen molar-refractivity contribution in [1.82, 2.24) is 10.2 Å². The number of benzene rings is 1. The van der Waals surface area contributed by atoms with E-state index in [0.29, 0.717) is 6.07 Å². The molecule has 29 heavy (non-hydrogen) atoms. The van der Waals surface area contributed by atoms with Gasteiger partial charge in [-0.05, 0) is 76.4 Å². The van der Waals surface area contributed by atoms with Crippen molar-refractivity contribution in [3.8, 4) is 0 Å². The second-order valence-electron chi connectivity index (χ2n) is 8.15. The molecular formula is C22H26F4N2O. The van der Waals surface area contributed by atoms with Gasteiger partial charge in [-0.3, -0.25) is 9.69 Å². The highest BCUT2D eigenvalue weighted by Gasteiger charge is 2.41. The van der Waals surface area contributed by atoms with E-state index in [0.717, 1.165) is 56.5 Å². The maximum Gasteiger partial charge on any atom is 0.417 e. The lowest BCUT2D eigenvalue weighted by Crippen LogP contribution is -2.59. The molecule has 1 amide bonds. The quantitative estimate of drug-likeness (QED) is 0.686. The van der Waals surface area contributed by atoms with E-state index in [1.54, 1.807) is 0 Å². The second-order valence-corrected chi connectivity index (χ2v) is 8.15. The highest BCUT2D eigenvalue weighted by Crippen LogP contribution is 2.34. The summed E-state index contributed by atoms with van der Waals surface area (Å²) in [6.07, 6.45) is 4.71. The van der Waals surface area contributed by atoms with E-state index >= 15 is 0 Å². The van der Waals surface area contributed by atoms with E-state index in [-0.39, 0.29) is 0 Å². The minimum absolute atomic E-state index is 0.373. The number of alkyl halides is 3. The molecule has 1 aliphatic carbocycles. The number of carbonyl (C=O) groups is 1. The van der Waals surface area contributed by atoms with Gasteiger partial charge in [-0.15, -0.1) is 0 Å². The molecule has 7 heteroatoms. The van der Waals surface area contributed by atoms with Crippen LogP contribution in [0.4, 0.5) is 17.6 Å². The molecule has 0 saturated carbocycles. The average Bonchev–Trinajstić information content (AvgIpc) is 3.21. The first kappa shape index (κ1) is 21.6. The summed E-state index contributed by atoms with van der Waals surface area (Å²) in [5.74, 6) is -1.87. The summed E-state index contributed by atoms with van der Waals surface area (Å²) in [5, 5.41) is 2.85. The molecule has 1 N–H and O–H groups in total. The number of hydrogen-bond acceptors (Lipinski definition) is 2. The van der Waals surface area contributed by atoms with Gasteiger partial charge in [-0.2, -0.15) is 13.2 Å². The van der Waals surface area contributed by atoms with Crippen LogP contribution in [-0.4, -0.2) is 35.5 Å². The molecule has 1 atom stereocenters. The van der Waals surface area contributed by atoms with Gasteiger partial charge in [0.1, 0.15) is 5.82 Å². The standard InChI is InChI=1S/C22H26F4N2O/c1-21(2,28-12-6-7-13-28)19(15-8-4-3-5-9-15)27-20(29)17-11-10-16(23)14-18(17)22(24,25)26/h3-4,8,10-11,14,19H,5-7,9,12-13H2,1-2H3,(H,27,29). The van der Waals surface area contributed by atoms with Crippen molar-refractivity contribution in [2.45, 2.75) is 57.3 Å². The fourth-order valence-corrected chi connectivity index (χ4v) is 4.22. The molecule has 158 valence electrons. The van der Waals surface area contributed by atoms with E-state index in [1.165, 1.54) is 0 Å². The molecule has 1 aromatic rings. The summed E-state index contributed by atoms with van der Waals surface area (Å²) < 4.78 is 53.6. The van der Waals surface area contributed by atoms with Crippen LogP contribution in [-0.2, 0) is 6.18 Å². The van der Waals surface area contributed by atoms with Crippen LogP contribution >= 0.6 is 0 Å². The van der Waals surface area contributed by atoms with Crippen molar-refractivity contribution >= 4 is 5.91 Å². The van der Waals surface area contributed by atoms with Crippen molar-refractivity contribution in [3.63, 3.8) is 0 Å². The molecule has 1 fully saturated rings. The number of rotatable bonds is 5. The van der Waals surface area contributed by atoms with Gasteiger partial charge >= 0.3 is 6.18 Å². The maximum atomic E-state index is 13.4. The predicted octanol–water partition coefficient (Wildman–Crippen LogP) is 5.09. The third-order valence-corrected chi connectivity index (χ3v) is 5.85. The lowest BCUT2D eigenvalue weighted by atomic mass is 9.83. The Kier molecular flexibility index (Phi) is 6.17. The molecule has 0 spiro atoms. The van der Waals surface area contributed by atoms with Crippen molar-refractivity contribution in [1.29, 1.82) is 0 Å². The normalized spacial score (nSPS) is 19.2. The average molecular weight is 410 g/mol. The number of nitrogens with zero attached hydrogens (tertiary/aromatic N) is 1. The molecule has 1 saturated heterocycles. The Labute approximate surface area is 168 Å². The number of amides is 1. The van der Waals surface area contributed by atoms with Gasteiger partial charge in [-0.25, -0.2) is 4.39 Å². The number of nitrogens with one attached hydrogen (secondary N) is 1. The van der Waals surface area contributed by atoms with Crippen LogP contribution in [0.2, 0.25) is 0 Å². The SMILES string of the molecule is CC(C)(C(NC(=O)c1ccc(F)cc1C(F)(F)F)C1=CC=CCC1)N1CCCC1. The van der Waals surface area contributed by atoms with Crippen LogP contribution in [0.3, 0.4) is 0 Å². The molecule has 0 aromatic heterocycles. The number of likely N-dealkylation sites (tertiary alicyclic amines) is 1. The maximum absolute atomic E-state index is 13.4. The van der Waals surface area contributed by atoms with Crippen molar-refractivity contribution in [2.75, 3.05) is 13.1 Å². The number of halogens is 4. The fraction of sp³-hybridized carbons (Fsp3) is 0.500. The summed E-state index contributed by atoms with van der Waals surface area (Å²) in [6, 6.07) is 1.71. The van der Waals surface area contributed by atoms with Crippen LogP contribution in [0.5, 0.6) is 0 Å². The van der Waals surface area contributed by atoms with Gasteiger partial charge in [0.05, 0.1) is 17.2 Å². The van der Waals surface area contributed by atoms with Gasteiger partial charge < -0.3 is 5.32 Å². The van der Waals surface area contributed by atoms with Crippen LogP contribution in [0.25, 0.3) is 0 Å². The van der Waals surface area contributed by atoms with Gasteiger partial charge in [0.25, 0.3) is 5.91 Å². The molecule has 3 rings (SSSR count). The molecular weight excluding hydrogens is 384 g/mol. The van der Waals surface area contributed by atoms with Crippen molar-refractivity contribution in [2.24, 2.45) is 0 Å². The Hall–Kier alpha value is -2.15. The summed E-state index contributed by atoms with van der Waals surface area (Å²) in [6.45, 7) is 5.79. The molecule has 0 radical (unpaired) electrons. The van der Waals surface area contributed by atoms with E-state index in [9.17, 15) is 22.4 Å². The summed E-state index contributed by atoms with van der Waals surface area (Å²) in [7, 11) is 0. The third-order valence-electron chi connectivity index (χ3n) is 5.85. The Morgan fingerprint density at radius 3 is 2.45 bits per heavy atom. The first-order chi connectivity index (χ1) is 13.6. The molecule has 1 heterocycles. The predicted molar refractivity (Wildman–Crippen MR) is 104 cm³/mol. The second kappa shape index (κ2) is 8.30. The Balaban J connectivity index is 1.95. The van der Waals surface area contributed by atoms with Gasteiger partial charge in [0, 0.05) is 5.54 Å². The van der Waals surface area contributed by atoms with Crippen molar-refractivity contribution in [3.05, 3.63) is 58.9 Å². The topological polar surface area (TPSA) is 32.3 Å². The van der Waals surface area contributed by atoms with E-state index in [2.05, 4.69) is 10.2 Å². The lowest BCUT2D eigenvalue weighted by molar-refractivity contribution is -0.138. The number of carbonyl (C=O) groups excluding carboxylic acids is 1. The molecule has 2 aliphatic rings. The first-order valence-electron chi connectivity index (χ1n) is 9.89. The minimum atomic E-state index is -4.82. The Bertz CT molecular complexity index is 821. The van der Waals surface area contributed by atoms with Crippen LogP contribution < -0.4 is 5.32 Å². The van der Waals surface area contributed by atoms with E-state index in [1.807, 2.05) is 32.1 Å². The highest BCUT2D eigenvalue weighted by atomic mass is 19.4. The molecule has 3 nitrogen and oxygen atoms in total. The minimum Gasteiger partial charge on any atom is -0.344 e. The third kappa shape index (κ3) is 4.71. The Morgan fingerprint density at radius 2 is 1.86 bits per heavy atom. The summed E-state index contributed by atoms with van der Waals surface area (Å²) >= 11 is 0. The van der Waals surface area contributed by atoms with E-state index in [4.69, 9.17) is 0 Å². The van der Waals surface area contributed by atoms with Gasteiger partial charge in [0.15, 0.2) is 0 Å². The monoisotopic (exact) mass is 410 g/mol. The van der Waals surface area contributed by atoms with Crippen molar-refractivity contribution < 1.29 is 22.4 Å². The molecule has 0 bridgehead atoms. The highest BCUT2D eigenvalue weighted by molar-refractivity contribution is 5.96. The lowest BCUT2D eigenvalue weighted by Gasteiger charge is -2.44. The molecule has 1 unspecified atom stereocenters. The van der Waals surface area contributed by atoms with Gasteiger partial charge in [0.2, 0.25) is 0 Å². The van der Waals surface area contributed by atoms with Crippen LogP contribution in [0, 0.1) is 5.82 Å².